The molecule has 0 bridgehead atoms. The number of aliphatic imine (C=N–C) groups is 1. The monoisotopic (exact) mass is 503 g/mol. The third-order valence-electron chi connectivity index (χ3n) is 5.28. The summed E-state index contributed by atoms with van der Waals surface area (Å²) in [6, 6.07) is 22.1. The third-order valence-corrected chi connectivity index (χ3v) is 6.58. The average molecular weight is 504 g/mol. The van der Waals surface area contributed by atoms with E-state index in [2.05, 4.69) is 11.1 Å². The lowest BCUT2D eigenvalue weighted by Gasteiger charge is -2.12. The van der Waals surface area contributed by atoms with Gasteiger partial charge >= 0.3 is 0 Å². The van der Waals surface area contributed by atoms with Gasteiger partial charge in [-0.3, -0.25) is 9.69 Å². The molecule has 1 saturated heterocycles. The molecule has 3 aromatic rings. The minimum atomic E-state index is -0.102. The van der Waals surface area contributed by atoms with Crippen LogP contribution in [0.4, 0.5) is 5.69 Å². The molecule has 0 atom stereocenters. The van der Waals surface area contributed by atoms with Crippen molar-refractivity contribution in [3.63, 3.8) is 0 Å². The molecular weight excluding hydrogens is 482 g/mol. The summed E-state index contributed by atoms with van der Waals surface area (Å²) < 4.78 is 11.0. The molecule has 0 saturated carbocycles. The van der Waals surface area contributed by atoms with E-state index < -0.39 is 0 Å². The molecule has 0 spiro atoms. The van der Waals surface area contributed by atoms with Crippen LogP contribution in [0.2, 0.25) is 5.02 Å². The van der Waals surface area contributed by atoms with Crippen LogP contribution >= 0.6 is 23.4 Å². The first-order valence-electron chi connectivity index (χ1n) is 10.9. The highest BCUT2D eigenvalue weighted by Crippen LogP contribution is 2.35. The first-order chi connectivity index (χ1) is 17.0. The number of carbonyl (C=O) groups excluding carboxylic acids is 1. The zero-order chi connectivity index (χ0) is 24.8. The fourth-order valence-electron chi connectivity index (χ4n) is 3.42. The number of amidine groups is 1. The number of methoxy groups -OCH3 is 1. The van der Waals surface area contributed by atoms with Gasteiger partial charge in [0.1, 0.15) is 18.1 Å². The number of likely N-dealkylation sites (N-methyl/N-ethyl adjacent to an activating group) is 1. The molecule has 8 heteroatoms. The Kier molecular flexibility index (Phi) is 7.76. The van der Waals surface area contributed by atoms with Gasteiger partial charge in [-0.05, 0) is 72.8 Å². The van der Waals surface area contributed by atoms with Crippen LogP contribution in [0.25, 0.3) is 6.08 Å². The Labute approximate surface area is 213 Å². The number of nitriles is 1. The number of amides is 1. The SMILES string of the molecule is CCN1C(=O)/C(=C/c2ccc(OCc3ccccc3C#N)c(Cl)c2)SC1=Nc1ccc(OC)cc1. The van der Waals surface area contributed by atoms with Crippen LogP contribution in [0.15, 0.2) is 76.6 Å². The molecule has 1 fully saturated rings. The maximum atomic E-state index is 13.0. The summed E-state index contributed by atoms with van der Waals surface area (Å²) in [5.41, 5.74) is 2.86. The lowest BCUT2D eigenvalue weighted by atomic mass is 10.1. The zero-order valence-electron chi connectivity index (χ0n) is 19.2. The molecule has 4 rings (SSSR count). The molecule has 35 heavy (non-hydrogen) atoms. The summed E-state index contributed by atoms with van der Waals surface area (Å²) in [6.07, 6.45) is 1.80. The molecule has 0 aromatic heterocycles. The van der Waals surface area contributed by atoms with E-state index in [-0.39, 0.29) is 12.5 Å². The Morgan fingerprint density at radius 3 is 2.60 bits per heavy atom. The van der Waals surface area contributed by atoms with Crippen molar-refractivity contribution in [1.82, 2.24) is 4.90 Å². The molecule has 1 amide bonds. The minimum absolute atomic E-state index is 0.102. The summed E-state index contributed by atoms with van der Waals surface area (Å²) in [7, 11) is 1.61. The Morgan fingerprint density at radius 1 is 1.14 bits per heavy atom. The summed E-state index contributed by atoms with van der Waals surface area (Å²) in [5.74, 6) is 1.15. The van der Waals surface area contributed by atoms with Gasteiger partial charge in [0, 0.05) is 12.1 Å². The fourth-order valence-corrected chi connectivity index (χ4v) is 4.73. The molecule has 0 radical (unpaired) electrons. The van der Waals surface area contributed by atoms with Gasteiger partial charge < -0.3 is 9.47 Å². The van der Waals surface area contributed by atoms with Gasteiger partial charge in [0.25, 0.3) is 5.91 Å². The Bertz CT molecular complexity index is 1350. The van der Waals surface area contributed by atoms with E-state index in [1.54, 1.807) is 36.3 Å². The number of thioether (sulfide) groups is 1. The average Bonchev–Trinajstić information content (AvgIpc) is 3.17. The molecule has 0 unspecified atom stereocenters. The molecule has 1 aliphatic heterocycles. The highest BCUT2D eigenvalue weighted by Gasteiger charge is 2.32. The van der Waals surface area contributed by atoms with Crippen LogP contribution in [0.3, 0.4) is 0 Å². The Hall–Kier alpha value is -3.73. The number of rotatable bonds is 7. The standard InChI is InChI=1S/C27H22ClN3O3S/c1-3-31-26(32)25(35-27(31)30-21-9-11-22(33-2)12-10-21)15-18-8-13-24(23(28)14-18)34-17-20-7-5-4-6-19(20)16-29/h4-15H,3,17H2,1-2H3/b25-15-,30-27?. The van der Waals surface area contributed by atoms with Crippen molar-refractivity contribution in [2.75, 3.05) is 13.7 Å². The summed E-state index contributed by atoms with van der Waals surface area (Å²) in [5, 5.41) is 10.3. The third kappa shape index (κ3) is 5.68. The van der Waals surface area contributed by atoms with E-state index in [0.29, 0.717) is 33.0 Å². The van der Waals surface area contributed by atoms with Crippen molar-refractivity contribution >= 4 is 46.2 Å². The summed E-state index contributed by atoms with van der Waals surface area (Å²) in [4.78, 5) is 19.8. The van der Waals surface area contributed by atoms with Crippen LogP contribution in [-0.2, 0) is 11.4 Å². The van der Waals surface area contributed by atoms with Crippen LogP contribution in [0, 0.1) is 11.3 Å². The predicted octanol–water partition coefficient (Wildman–Crippen LogP) is 6.42. The molecule has 0 aliphatic carbocycles. The fraction of sp³-hybridized carbons (Fsp3) is 0.148. The lowest BCUT2D eigenvalue weighted by molar-refractivity contribution is -0.122. The van der Waals surface area contributed by atoms with Gasteiger partial charge in [0.15, 0.2) is 5.17 Å². The smallest absolute Gasteiger partial charge is 0.266 e. The molecular formula is C27H22ClN3O3S. The maximum absolute atomic E-state index is 13.0. The van der Waals surface area contributed by atoms with E-state index in [0.717, 1.165) is 22.6 Å². The molecule has 1 aliphatic rings. The first kappa shape index (κ1) is 24.4. The molecule has 0 N–H and O–H groups in total. The van der Waals surface area contributed by atoms with E-state index in [9.17, 15) is 10.1 Å². The summed E-state index contributed by atoms with van der Waals surface area (Å²) >= 11 is 7.78. The van der Waals surface area contributed by atoms with Gasteiger partial charge in [0.2, 0.25) is 0 Å². The number of ether oxygens (including phenoxy) is 2. The van der Waals surface area contributed by atoms with Crippen molar-refractivity contribution in [3.05, 3.63) is 93.3 Å². The van der Waals surface area contributed by atoms with E-state index >= 15 is 0 Å². The van der Waals surface area contributed by atoms with Crippen molar-refractivity contribution < 1.29 is 14.3 Å². The topological polar surface area (TPSA) is 74.9 Å². The largest absolute Gasteiger partial charge is 0.497 e. The number of benzene rings is 3. The quantitative estimate of drug-likeness (QED) is 0.347. The van der Waals surface area contributed by atoms with Crippen LogP contribution in [0.1, 0.15) is 23.6 Å². The second-order valence-corrected chi connectivity index (χ2v) is 8.92. The number of halogens is 1. The van der Waals surface area contributed by atoms with Crippen molar-refractivity contribution in [2.24, 2.45) is 4.99 Å². The van der Waals surface area contributed by atoms with Crippen LogP contribution in [-0.4, -0.2) is 29.6 Å². The van der Waals surface area contributed by atoms with Crippen molar-refractivity contribution in [3.8, 4) is 17.6 Å². The van der Waals surface area contributed by atoms with Crippen molar-refractivity contribution in [2.45, 2.75) is 13.5 Å². The maximum Gasteiger partial charge on any atom is 0.266 e. The predicted molar refractivity (Wildman–Crippen MR) is 140 cm³/mol. The second kappa shape index (κ2) is 11.1. The van der Waals surface area contributed by atoms with Gasteiger partial charge in [0.05, 0.1) is 34.4 Å². The van der Waals surface area contributed by atoms with E-state index in [4.69, 9.17) is 21.1 Å². The zero-order valence-corrected chi connectivity index (χ0v) is 20.8. The number of nitrogens with zero attached hydrogens (tertiary/aromatic N) is 3. The Balaban J connectivity index is 1.51. The second-order valence-electron chi connectivity index (χ2n) is 7.50. The van der Waals surface area contributed by atoms with Gasteiger partial charge in [-0.15, -0.1) is 0 Å². The van der Waals surface area contributed by atoms with Gasteiger partial charge in [-0.1, -0.05) is 35.9 Å². The molecule has 176 valence electrons. The molecule has 3 aromatic carbocycles. The summed E-state index contributed by atoms with van der Waals surface area (Å²) in [6.45, 7) is 2.66. The normalized spacial score (nSPS) is 15.5. The minimum Gasteiger partial charge on any atom is -0.497 e. The molecule has 1 heterocycles. The van der Waals surface area contributed by atoms with E-state index in [1.807, 2.05) is 55.5 Å². The van der Waals surface area contributed by atoms with Gasteiger partial charge in [-0.25, -0.2) is 4.99 Å². The number of hydrogen-bond acceptors (Lipinski definition) is 6. The Morgan fingerprint density at radius 2 is 1.91 bits per heavy atom. The lowest BCUT2D eigenvalue weighted by Crippen LogP contribution is -2.28. The van der Waals surface area contributed by atoms with Gasteiger partial charge in [-0.2, -0.15) is 5.26 Å². The van der Waals surface area contributed by atoms with Crippen LogP contribution in [0.5, 0.6) is 11.5 Å². The first-order valence-corrected chi connectivity index (χ1v) is 12.1. The van der Waals surface area contributed by atoms with E-state index in [1.165, 1.54) is 11.8 Å². The van der Waals surface area contributed by atoms with Crippen LogP contribution < -0.4 is 9.47 Å². The number of hydrogen-bond donors (Lipinski definition) is 0. The highest BCUT2D eigenvalue weighted by molar-refractivity contribution is 8.18. The highest BCUT2D eigenvalue weighted by atomic mass is 35.5. The molecule has 6 nitrogen and oxygen atoms in total. The number of carbonyl (C=O) groups is 1. The van der Waals surface area contributed by atoms with Crippen molar-refractivity contribution in [1.29, 1.82) is 5.26 Å².